The van der Waals surface area contributed by atoms with E-state index in [9.17, 15) is 13.9 Å². The van der Waals surface area contributed by atoms with Crippen molar-refractivity contribution in [1.29, 1.82) is 0 Å². The molecule has 0 aromatic heterocycles. The fraction of sp³-hybridized carbons (Fsp3) is 0.133. The van der Waals surface area contributed by atoms with Gasteiger partial charge in [-0.25, -0.2) is 13.9 Å². The summed E-state index contributed by atoms with van der Waals surface area (Å²) >= 11 is 0. The number of carbonyl (C=O) groups excluding carboxylic acids is 1. The van der Waals surface area contributed by atoms with Gasteiger partial charge in [-0.05, 0) is 22.3 Å². The maximum atomic E-state index is 11.6. The molecule has 1 unspecified atom stereocenters. The van der Waals surface area contributed by atoms with Crippen LogP contribution in [0.25, 0.3) is 11.1 Å². The molecule has 2 aromatic rings. The zero-order chi connectivity index (χ0) is 18.9. The topological polar surface area (TPSA) is 140 Å². The summed E-state index contributed by atoms with van der Waals surface area (Å²) in [4.78, 5) is 37.8. The van der Waals surface area contributed by atoms with Gasteiger partial charge in [-0.2, -0.15) is 4.31 Å². The summed E-state index contributed by atoms with van der Waals surface area (Å²) in [5.74, 6) is -0.310. The van der Waals surface area contributed by atoms with Crippen LogP contribution < -0.4 is 0 Å². The Hall–Kier alpha value is -1.99. The van der Waals surface area contributed by atoms with E-state index < -0.39 is 21.8 Å². The molecule has 0 saturated carbocycles. The average molecular weight is 400 g/mol. The molecule has 0 aliphatic heterocycles. The molecule has 1 aliphatic carbocycles. The zero-order valence-electron chi connectivity index (χ0n) is 13.1. The highest BCUT2D eigenvalue weighted by molar-refractivity contribution is 7.61. The number of hydrogen-bond donors (Lipinski definition) is 3. The summed E-state index contributed by atoms with van der Waals surface area (Å²) in [6, 6.07) is 15.1. The summed E-state index contributed by atoms with van der Waals surface area (Å²) in [6.45, 7) is -0.192. The van der Waals surface area contributed by atoms with Gasteiger partial charge in [-0.15, -0.1) is 0 Å². The Morgan fingerprint density at radius 2 is 1.42 bits per heavy atom. The SMILES string of the molecule is O=C(OCC1c2ccccc2-c2ccccc21)OP(=O)(O)OP(=O)(O)O. The lowest BCUT2D eigenvalue weighted by Crippen LogP contribution is -2.13. The maximum Gasteiger partial charge on any atom is 0.540 e. The molecule has 0 fully saturated rings. The second kappa shape index (κ2) is 6.96. The van der Waals surface area contributed by atoms with Crippen LogP contribution in [0.3, 0.4) is 0 Å². The molecule has 3 rings (SSSR count). The minimum atomic E-state index is -5.32. The van der Waals surface area contributed by atoms with Crippen molar-refractivity contribution in [1.82, 2.24) is 0 Å². The molecule has 9 nitrogen and oxygen atoms in total. The molecule has 0 radical (unpaired) electrons. The number of carbonyl (C=O) groups is 1. The van der Waals surface area contributed by atoms with Crippen molar-refractivity contribution in [2.75, 3.05) is 6.61 Å². The lowest BCUT2D eigenvalue weighted by molar-refractivity contribution is 0.0833. The van der Waals surface area contributed by atoms with Crippen LogP contribution in [0.1, 0.15) is 17.0 Å². The first-order valence-corrected chi connectivity index (χ1v) is 10.3. The molecule has 138 valence electrons. The molecule has 0 spiro atoms. The van der Waals surface area contributed by atoms with Crippen LogP contribution in [-0.4, -0.2) is 27.4 Å². The number of ether oxygens (including phenoxy) is 1. The van der Waals surface area contributed by atoms with Crippen LogP contribution in [-0.2, 0) is 22.7 Å². The third kappa shape index (κ3) is 4.22. The minimum absolute atomic E-state index is 0.192. The average Bonchev–Trinajstić information content (AvgIpc) is 2.84. The Morgan fingerprint density at radius 1 is 0.923 bits per heavy atom. The fourth-order valence-electron chi connectivity index (χ4n) is 2.86. The van der Waals surface area contributed by atoms with Crippen molar-refractivity contribution >= 4 is 21.8 Å². The van der Waals surface area contributed by atoms with Crippen LogP contribution in [0.2, 0.25) is 0 Å². The monoisotopic (exact) mass is 400 g/mol. The van der Waals surface area contributed by atoms with Crippen molar-refractivity contribution in [3.8, 4) is 11.1 Å². The Kier molecular flexibility index (Phi) is 5.03. The summed E-state index contributed by atoms with van der Waals surface area (Å²) in [6.07, 6.45) is -1.58. The molecule has 0 heterocycles. The lowest BCUT2D eigenvalue weighted by atomic mass is 9.98. The molecule has 26 heavy (non-hydrogen) atoms. The smallest absolute Gasteiger partial charge is 0.433 e. The van der Waals surface area contributed by atoms with E-state index in [2.05, 4.69) is 8.83 Å². The minimum Gasteiger partial charge on any atom is -0.433 e. The molecule has 0 bridgehead atoms. The molecule has 1 atom stereocenters. The van der Waals surface area contributed by atoms with Gasteiger partial charge >= 0.3 is 21.8 Å². The van der Waals surface area contributed by atoms with Crippen molar-refractivity contribution in [2.45, 2.75) is 5.92 Å². The van der Waals surface area contributed by atoms with E-state index in [1.807, 2.05) is 48.5 Å². The normalized spacial score (nSPS) is 15.7. The van der Waals surface area contributed by atoms with E-state index >= 15 is 0 Å². The highest BCUT2D eigenvalue weighted by Crippen LogP contribution is 2.57. The first kappa shape index (κ1) is 18.8. The standard InChI is InChI=1S/C15H14O9P2/c16-15(23-26(20,21)24-25(17,18)19)22-9-14-12-7-3-1-5-10(12)11-6-2-4-8-13(11)14/h1-8,14H,9H2,(H,20,21)(H2,17,18,19). The van der Waals surface area contributed by atoms with Crippen molar-refractivity contribution in [3.63, 3.8) is 0 Å². The van der Waals surface area contributed by atoms with Crippen LogP contribution in [0, 0.1) is 0 Å². The van der Waals surface area contributed by atoms with Gasteiger partial charge in [-0.3, -0.25) is 4.89 Å². The lowest BCUT2D eigenvalue weighted by Gasteiger charge is -2.15. The number of benzene rings is 2. The predicted octanol–water partition coefficient (Wildman–Crippen LogP) is 3.16. The molecule has 11 heteroatoms. The first-order chi connectivity index (χ1) is 12.2. The van der Waals surface area contributed by atoms with Gasteiger partial charge in [0.2, 0.25) is 0 Å². The quantitative estimate of drug-likeness (QED) is 0.510. The third-order valence-corrected chi connectivity index (χ3v) is 5.79. The van der Waals surface area contributed by atoms with E-state index in [1.165, 1.54) is 0 Å². The number of hydrogen-bond acceptors (Lipinski definition) is 6. The summed E-state index contributed by atoms with van der Waals surface area (Å²) in [5, 5.41) is 0. The van der Waals surface area contributed by atoms with E-state index in [-0.39, 0.29) is 12.5 Å². The van der Waals surface area contributed by atoms with Gasteiger partial charge in [-0.1, -0.05) is 48.5 Å². The molecule has 3 N–H and O–H groups in total. The van der Waals surface area contributed by atoms with E-state index in [0.29, 0.717) is 0 Å². The zero-order valence-corrected chi connectivity index (χ0v) is 14.9. The van der Waals surface area contributed by atoms with Gasteiger partial charge in [0.1, 0.15) is 6.61 Å². The van der Waals surface area contributed by atoms with Crippen molar-refractivity contribution in [2.24, 2.45) is 0 Å². The Morgan fingerprint density at radius 3 is 1.92 bits per heavy atom. The summed E-state index contributed by atoms with van der Waals surface area (Å²) < 4.78 is 34.3. The Balaban J connectivity index is 1.71. The maximum absolute atomic E-state index is 11.6. The number of rotatable bonds is 5. The third-order valence-electron chi connectivity index (χ3n) is 3.73. The van der Waals surface area contributed by atoms with Crippen LogP contribution in [0.4, 0.5) is 4.79 Å². The molecular weight excluding hydrogens is 386 g/mol. The van der Waals surface area contributed by atoms with Crippen LogP contribution in [0.15, 0.2) is 48.5 Å². The van der Waals surface area contributed by atoms with E-state index in [4.69, 9.17) is 19.4 Å². The van der Waals surface area contributed by atoms with E-state index in [1.54, 1.807) is 0 Å². The van der Waals surface area contributed by atoms with Crippen LogP contribution >= 0.6 is 15.6 Å². The second-order valence-corrected chi connectivity index (χ2v) is 8.17. The van der Waals surface area contributed by atoms with Gasteiger partial charge < -0.3 is 19.0 Å². The Labute approximate surface area is 148 Å². The molecule has 2 aromatic carbocycles. The van der Waals surface area contributed by atoms with Gasteiger partial charge in [0, 0.05) is 5.92 Å². The molecule has 0 amide bonds. The largest absolute Gasteiger partial charge is 0.540 e. The molecule has 0 saturated heterocycles. The van der Waals surface area contributed by atoms with Crippen molar-refractivity contribution < 1.29 is 42.2 Å². The summed E-state index contributed by atoms with van der Waals surface area (Å²) in [7, 11) is -10.6. The highest BCUT2D eigenvalue weighted by Gasteiger charge is 2.37. The predicted molar refractivity (Wildman–Crippen MR) is 89.1 cm³/mol. The second-order valence-electron chi connectivity index (χ2n) is 5.42. The number of fused-ring (bicyclic) bond motifs is 3. The molecule has 1 aliphatic rings. The number of phosphoric ester groups is 1. The van der Waals surface area contributed by atoms with Crippen molar-refractivity contribution in [3.05, 3.63) is 59.7 Å². The Bertz CT molecular complexity index is 891. The number of phosphoric acid groups is 2. The van der Waals surface area contributed by atoms with Gasteiger partial charge in [0.05, 0.1) is 0 Å². The highest BCUT2D eigenvalue weighted by atomic mass is 31.3. The van der Waals surface area contributed by atoms with Gasteiger partial charge in [0.25, 0.3) is 0 Å². The summed E-state index contributed by atoms with van der Waals surface area (Å²) in [5.41, 5.74) is 3.81. The fourth-order valence-corrected chi connectivity index (χ4v) is 4.31. The van der Waals surface area contributed by atoms with E-state index in [0.717, 1.165) is 22.3 Å². The van der Waals surface area contributed by atoms with Crippen LogP contribution in [0.5, 0.6) is 0 Å². The molecular formula is C15H14O9P2. The van der Waals surface area contributed by atoms with Gasteiger partial charge in [0.15, 0.2) is 0 Å². The first-order valence-electron chi connectivity index (χ1n) is 7.30.